The summed E-state index contributed by atoms with van der Waals surface area (Å²) < 4.78 is 28.0. The molecule has 2 aromatic heterocycles. The minimum Gasteiger partial charge on any atom is -0.493 e. The molecule has 0 bridgehead atoms. The zero-order valence-electron chi connectivity index (χ0n) is 28.6. The van der Waals surface area contributed by atoms with E-state index in [1.165, 1.54) is 12.0 Å². The van der Waals surface area contributed by atoms with Crippen molar-refractivity contribution in [3.8, 4) is 51.3 Å². The molecule has 1 saturated heterocycles. The van der Waals surface area contributed by atoms with Gasteiger partial charge in [-0.3, -0.25) is 19.7 Å². The molecule has 0 radical (unpaired) electrons. The van der Waals surface area contributed by atoms with Crippen molar-refractivity contribution in [2.75, 3.05) is 48.6 Å². The molecule has 1 saturated carbocycles. The summed E-state index contributed by atoms with van der Waals surface area (Å²) in [6.45, 7) is 4.53. The Hall–Kier alpha value is -4.83. The van der Waals surface area contributed by atoms with Gasteiger partial charge in [-0.2, -0.15) is 0 Å². The number of pyridine rings is 2. The third kappa shape index (κ3) is 6.62. The van der Waals surface area contributed by atoms with E-state index in [0.29, 0.717) is 48.6 Å². The smallest absolute Gasteiger partial charge is 0.239 e. The van der Waals surface area contributed by atoms with Crippen LogP contribution in [-0.4, -0.2) is 80.4 Å². The lowest BCUT2D eigenvalue weighted by atomic mass is 9.79. The van der Waals surface area contributed by atoms with Gasteiger partial charge in [0.05, 0.1) is 53.0 Å². The summed E-state index contributed by atoms with van der Waals surface area (Å²) in [5, 5.41) is 0. The van der Waals surface area contributed by atoms with Crippen molar-refractivity contribution in [2.45, 2.75) is 51.2 Å². The highest BCUT2D eigenvalue weighted by atomic mass is 16.5. The van der Waals surface area contributed by atoms with Crippen molar-refractivity contribution >= 4 is 5.91 Å². The van der Waals surface area contributed by atoms with Gasteiger partial charge in [0.15, 0.2) is 23.0 Å². The number of ether oxygens (including phenoxy) is 5. The summed E-state index contributed by atoms with van der Waals surface area (Å²) in [6, 6.07) is 15.8. The topological polar surface area (TPSA) is 95.5 Å². The monoisotopic (exact) mass is 652 g/mol. The maximum absolute atomic E-state index is 13.7. The number of benzene rings is 2. The second-order valence-corrected chi connectivity index (χ2v) is 12.3. The molecule has 1 aliphatic heterocycles. The van der Waals surface area contributed by atoms with Crippen LogP contribution in [0.3, 0.4) is 0 Å². The van der Waals surface area contributed by atoms with Crippen LogP contribution >= 0.6 is 0 Å². The van der Waals surface area contributed by atoms with Gasteiger partial charge in [-0.1, -0.05) is 6.42 Å². The molecule has 1 amide bonds. The molecule has 10 nitrogen and oxygen atoms in total. The number of aromatic nitrogens is 2. The highest BCUT2D eigenvalue weighted by molar-refractivity contribution is 5.82. The Labute approximate surface area is 282 Å². The fourth-order valence-corrected chi connectivity index (χ4v) is 6.66. The number of hydrogen-bond donors (Lipinski definition) is 0. The zero-order chi connectivity index (χ0) is 33.8. The standard InChI is InChI=1S/C38H44N4O6/c1-24-38(43)42(23-26-11-13-39-31(17-26)28-18-30(27-8-7-9-27)36(47-5)33(19-28)44-2)15-14-41(24)22-25-10-12-40-32(16-25)29-20-34(45-3)37(48-6)35(21-29)46-4/h10-13,16-21,24,27H,7-9,14-15,22-23H2,1-6H3/t24-/m0/s1. The summed E-state index contributed by atoms with van der Waals surface area (Å²) >= 11 is 0. The van der Waals surface area contributed by atoms with E-state index in [1.54, 1.807) is 41.7 Å². The quantitative estimate of drug-likeness (QED) is 0.173. The summed E-state index contributed by atoms with van der Waals surface area (Å²) in [4.78, 5) is 27.1. The molecule has 4 aromatic rings. The normalized spacial score (nSPS) is 16.8. The maximum atomic E-state index is 13.7. The van der Waals surface area contributed by atoms with Crippen LogP contribution in [-0.2, 0) is 17.9 Å². The number of nitrogens with zero attached hydrogens (tertiary/aromatic N) is 4. The molecule has 0 spiro atoms. The lowest BCUT2D eigenvalue weighted by Crippen LogP contribution is -2.54. The molecule has 48 heavy (non-hydrogen) atoms. The van der Waals surface area contributed by atoms with E-state index >= 15 is 0 Å². The third-order valence-corrected chi connectivity index (χ3v) is 9.59. The number of methoxy groups -OCH3 is 5. The molecular weight excluding hydrogens is 608 g/mol. The van der Waals surface area contributed by atoms with Crippen LogP contribution < -0.4 is 23.7 Å². The number of carbonyl (C=O) groups is 1. The Morgan fingerprint density at radius 1 is 0.688 bits per heavy atom. The molecular formula is C38H44N4O6. The number of carbonyl (C=O) groups excluding carboxylic acids is 1. The molecule has 0 unspecified atom stereocenters. The van der Waals surface area contributed by atoms with Crippen LogP contribution in [0.2, 0.25) is 0 Å². The highest BCUT2D eigenvalue weighted by Gasteiger charge is 2.32. The van der Waals surface area contributed by atoms with Crippen LogP contribution in [0.15, 0.2) is 60.9 Å². The van der Waals surface area contributed by atoms with E-state index in [-0.39, 0.29) is 11.9 Å². The van der Waals surface area contributed by atoms with E-state index < -0.39 is 0 Å². The summed E-state index contributed by atoms with van der Waals surface area (Å²) in [5.74, 6) is 3.78. The first kappa shape index (κ1) is 33.1. The minimum absolute atomic E-state index is 0.108. The van der Waals surface area contributed by atoms with Crippen LogP contribution in [0.1, 0.15) is 48.8 Å². The summed E-state index contributed by atoms with van der Waals surface area (Å²) in [5.41, 5.74) is 6.76. The predicted octanol–water partition coefficient (Wildman–Crippen LogP) is 6.35. The van der Waals surface area contributed by atoms with Crippen molar-refractivity contribution in [1.82, 2.24) is 19.8 Å². The fraction of sp³-hybridized carbons (Fsp3) is 0.395. The Morgan fingerprint density at radius 2 is 1.23 bits per heavy atom. The molecule has 1 atom stereocenters. The molecule has 2 aromatic carbocycles. The van der Waals surface area contributed by atoms with Crippen molar-refractivity contribution < 1.29 is 28.5 Å². The van der Waals surface area contributed by atoms with Crippen molar-refractivity contribution in [3.63, 3.8) is 0 Å². The number of amides is 1. The molecule has 1 aliphatic carbocycles. The van der Waals surface area contributed by atoms with Crippen molar-refractivity contribution in [1.29, 1.82) is 0 Å². The highest BCUT2D eigenvalue weighted by Crippen LogP contribution is 2.46. The van der Waals surface area contributed by atoms with Gasteiger partial charge in [0.2, 0.25) is 11.7 Å². The molecule has 3 heterocycles. The zero-order valence-corrected chi connectivity index (χ0v) is 28.6. The van der Waals surface area contributed by atoms with Gasteiger partial charge in [-0.05, 0) is 85.3 Å². The van der Waals surface area contributed by atoms with E-state index in [9.17, 15) is 4.79 Å². The predicted molar refractivity (Wildman–Crippen MR) is 184 cm³/mol. The first-order chi connectivity index (χ1) is 23.4. The second-order valence-electron chi connectivity index (χ2n) is 12.3. The molecule has 2 fully saturated rings. The Bertz CT molecular complexity index is 1750. The number of hydrogen-bond acceptors (Lipinski definition) is 9. The first-order valence-corrected chi connectivity index (χ1v) is 16.4. The SMILES string of the molecule is COc1cc(-c2cc(CN3CCN(Cc4ccnc(-c5cc(OC)c(OC)c(C6CCC6)c5)c4)C(=O)[C@@H]3C)ccn2)cc(OC)c1OC. The number of piperazine rings is 1. The van der Waals surface area contributed by atoms with Crippen LogP contribution in [0, 0.1) is 0 Å². The van der Waals surface area contributed by atoms with Gasteiger partial charge in [0, 0.05) is 55.3 Å². The molecule has 10 heteroatoms. The van der Waals surface area contributed by atoms with E-state index in [1.807, 2.05) is 54.4 Å². The maximum Gasteiger partial charge on any atom is 0.239 e. The minimum atomic E-state index is -0.270. The van der Waals surface area contributed by atoms with Crippen LogP contribution in [0.5, 0.6) is 28.7 Å². The fourth-order valence-electron chi connectivity index (χ4n) is 6.66. The van der Waals surface area contributed by atoms with Gasteiger partial charge < -0.3 is 28.6 Å². The van der Waals surface area contributed by atoms with Gasteiger partial charge >= 0.3 is 0 Å². The van der Waals surface area contributed by atoms with Crippen LogP contribution in [0.4, 0.5) is 0 Å². The van der Waals surface area contributed by atoms with Gasteiger partial charge in [0.25, 0.3) is 0 Å². The summed E-state index contributed by atoms with van der Waals surface area (Å²) in [7, 11) is 8.15. The lowest BCUT2D eigenvalue weighted by Gasteiger charge is -2.39. The molecule has 6 rings (SSSR count). The second kappa shape index (κ2) is 14.5. The molecule has 2 aliphatic rings. The van der Waals surface area contributed by atoms with E-state index in [4.69, 9.17) is 28.7 Å². The van der Waals surface area contributed by atoms with Crippen molar-refractivity contribution in [3.05, 3.63) is 77.6 Å². The van der Waals surface area contributed by atoms with Crippen molar-refractivity contribution in [2.24, 2.45) is 0 Å². The average Bonchev–Trinajstić information content (AvgIpc) is 3.09. The lowest BCUT2D eigenvalue weighted by molar-refractivity contribution is -0.142. The average molecular weight is 653 g/mol. The Morgan fingerprint density at radius 3 is 1.75 bits per heavy atom. The third-order valence-electron chi connectivity index (χ3n) is 9.59. The Balaban J connectivity index is 1.15. The largest absolute Gasteiger partial charge is 0.493 e. The first-order valence-electron chi connectivity index (χ1n) is 16.4. The number of rotatable bonds is 12. The summed E-state index contributed by atoms with van der Waals surface area (Å²) in [6.07, 6.45) is 7.15. The molecule has 252 valence electrons. The van der Waals surface area contributed by atoms with Gasteiger partial charge in [0.1, 0.15) is 0 Å². The van der Waals surface area contributed by atoms with Gasteiger partial charge in [-0.25, -0.2) is 0 Å². The van der Waals surface area contributed by atoms with E-state index in [2.05, 4.69) is 22.0 Å². The van der Waals surface area contributed by atoms with E-state index in [0.717, 1.165) is 58.8 Å². The molecule has 0 N–H and O–H groups in total. The van der Waals surface area contributed by atoms with Crippen LogP contribution in [0.25, 0.3) is 22.5 Å². The Kier molecular flexibility index (Phi) is 10.0. The van der Waals surface area contributed by atoms with Gasteiger partial charge in [-0.15, -0.1) is 0 Å².